The van der Waals surface area contributed by atoms with Crippen molar-refractivity contribution < 1.29 is 20.1 Å². The monoisotopic (exact) mass is 236 g/mol. The molecule has 2 N–H and O–H groups in total. The minimum Gasteiger partial charge on any atom is -0.549 e. The Morgan fingerprint density at radius 3 is 2.29 bits per heavy atom. The number of phenolic OH excluding ortho intramolecular Hbond substituents is 2. The molecule has 0 aliphatic carbocycles. The van der Waals surface area contributed by atoms with E-state index in [2.05, 4.69) is 11.6 Å². The Morgan fingerprint density at radius 1 is 1.50 bits per heavy atom. The number of carbonyl (C=O) groups is 1. The largest absolute Gasteiger partial charge is 0.549 e. The quantitative estimate of drug-likeness (QED) is 0.384. The Bertz CT molecular complexity index is 316. The van der Waals surface area contributed by atoms with E-state index in [-0.39, 0.29) is 11.5 Å². The topological polar surface area (TPSA) is 80.6 Å². The van der Waals surface area contributed by atoms with E-state index in [0.717, 1.165) is 5.30 Å². The van der Waals surface area contributed by atoms with Gasteiger partial charge in [-0.25, -0.2) is 0 Å². The number of aromatic hydroxyl groups is 2. The first kappa shape index (κ1) is 13.0. The highest BCUT2D eigenvalue weighted by Gasteiger charge is 1.98. The molecule has 78 valence electrons. The molecule has 0 spiro atoms. The van der Waals surface area contributed by atoms with Gasteiger partial charge in [0.25, 0.3) is 0 Å². The SMILES string of the molecule is O=C([O-])CCl.Oc1ccc(O)c([PH3+])c1. The summed E-state index contributed by atoms with van der Waals surface area (Å²) in [7, 11) is 1.54. The van der Waals surface area contributed by atoms with Crippen LogP contribution in [0.5, 0.6) is 11.5 Å². The first-order valence-corrected chi connectivity index (χ1v) is 4.81. The molecule has 1 rings (SSSR count). The molecule has 1 aromatic rings. The summed E-state index contributed by atoms with van der Waals surface area (Å²) >= 11 is 4.67. The third kappa shape index (κ3) is 5.62. The molecule has 6 heteroatoms. The van der Waals surface area contributed by atoms with Crippen molar-refractivity contribution in [2.75, 3.05) is 5.88 Å². The van der Waals surface area contributed by atoms with Crippen LogP contribution in [-0.4, -0.2) is 22.1 Å². The van der Waals surface area contributed by atoms with Gasteiger partial charge in [0, 0.05) is 15.3 Å². The van der Waals surface area contributed by atoms with Gasteiger partial charge < -0.3 is 20.1 Å². The van der Waals surface area contributed by atoms with E-state index in [4.69, 9.17) is 20.1 Å². The Kier molecular flexibility index (Phi) is 6.00. The number of carboxylic acid groups (broad SMARTS) is 1. The molecule has 4 nitrogen and oxygen atoms in total. The third-order valence-electron chi connectivity index (χ3n) is 1.17. The van der Waals surface area contributed by atoms with Crippen LogP contribution in [0.4, 0.5) is 0 Å². The second kappa shape index (κ2) is 6.46. The molecule has 1 aromatic carbocycles. The maximum absolute atomic E-state index is 9.12. The lowest BCUT2D eigenvalue weighted by molar-refractivity contribution is -0.301. The predicted octanol–water partition coefficient (Wildman–Crippen LogP) is -0.694. The number of carboxylic acids is 1. The van der Waals surface area contributed by atoms with Crippen molar-refractivity contribution in [1.29, 1.82) is 0 Å². The number of aliphatic carboxylic acids is 1. The summed E-state index contributed by atoms with van der Waals surface area (Å²) in [5.74, 6) is -1.23. The van der Waals surface area contributed by atoms with Gasteiger partial charge in [-0.15, -0.1) is 11.6 Å². The fourth-order valence-corrected chi connectivity index (χ4v) is 0.899. The number of hydrogen-bond acceptors (Lipinski definition) is 4. The van der Waals surface area contributed by atoms with Crippen LogP contribution in [0.1, 0.15) is 0 Å². The maximum atomic E-state index is 9.12. The van der Waals surface area contributed by atoms with Gasteiger partial charge in [0.1, 0.15) is 11.1 Å². The van der Waals surface area contributed by atoms with Gasteiger partial charge in [-0.1, -0.05) is 0 Å². The lowest BCUT2D eigenvalue weighted by atomic mass is 10.3. The fourth-order valence-electron chi connectivity index (χ4n) is 0.572. The zero-order valence-corrected chi connectivity index (χ0v) is 9.41. The summed E-state index contributed by atoms with van der Waals surface area (Å²) in [4.78, 5) is 9.12. The van der Waals surface area contributed by atoms with Gasteiger partial charge in [-0.3, -0.25) is 0 Å². The highest BCUT2D eigenvalue weighted by atomic mass is 35.5. The van der Waals surface area contributed by atoms with Crippen molar-refractivity contribution in [3.8, 4) is 11.5 Å². The van der Waals surface area contributed by atoms with Crippen LogP contribution >= 0.6 is 20.8 Å². The van der Waals surface area contributed by atoms with Crippen LogP contribution in [0.15, 0.2) is 18.2 Å². The van der Waals surface area contributed by atoms with E-state index in [1.165, 1.54) is 27.4 Å². The zero-order chi connectivity index (χ0) is 11.1. The van der Waals surface area contributed by atoms with Gasteiger partial charge in [0.05, 0.1) is 11.8 Å². The van der Waals surface area contributed by atoms with Crippen LogP contribution < -0.4 is 10.4 Å². The summed E-state index contributed by atoms with van der Waals surface area (Å²) in [5.41, 5.74) is 0. The molecule has 0 aromatic heterocycles. The van der Waals surface area contributed by atoms with E-state index < -0.39 is 11.8 Å². The van der Waals surface area contributed by atoms with E-state index in [1.54, 1.807) is 0 Å². The lowest BCUT2D eigenvalue weighted by Gasteiger charge is -1.92. The molecule has 0 aliphatic rings. The highest BCUT2D eigenvalue weighted by molar-refractivity contribution is 7.27. The smallest absolute Gasteiger partial charge is 0.157 e. The number of hydrogen-bond donors (Lipinski definition) is 2. The number of carbonyl (C=O) groups excluding carboxylic acids is 1. The molecular weight excluding hydrogens is 227 g/mol. The maximum Gasteiger partial charge on any atom is 0.157 e. The highest BCUT2D eigenvalue weighted by Crippen LogP contribution is 2.14. The molecule has 0 fully saturated rings. The molecule has 0 radical (unpaired) electrons. The fraction of sp³-hybridized carbons (Fsp3) is 0.125. The van der Waals surface area contributed by atoms with Crippen LogP contribution in [0.25, 0.3) is 0 Å². The van der Waals surface area contributed by atoms with Gasteiger partial charge in [-0.2, -0.15) is 0 Å². The molecule has 0 aliphatic heterocycles. The molecule has 0 saturated carbocycles. The van der Waals surface area contributed by atoms with Gasteiger partial charge in [-0.05, 0) is 12.1 Å². The van der Waals surface area contributed by atoms with Gasteiger partial charge >= 0.3 is 0 Å². The Hall–Kier alpha value is -0.990. The first-order chi connectivity index (χ1) is 6.47. The molecular formula is C8H10ClO4P. The minimum atomic E-state index is -1.23. The molecule has 14 heavy (non-hydrogen) atoms. The number of halogens is 1. The van der Waals surface area contributed by atoms with E-state index >= 15 is 0 Å². The second-order valence-corrected chi connectivity index (χ2v) is 3.35. The molecule has 0 amide bonds. The minimum absolute atomic E-state index is 0.192. The van der Waals surface area contributed by atoms with Gasteiger partial charge in [0.2, 0.25) is 0 Å². The second-order valence-electron chi connectivity index (χ2n) is 2.32. The first-order valence-electron chi connectivity index (χ1n) is 3.57. The molecule has 1 unspecified atom stereocenters. The summed E-state index contributed by atoms with van der Waals surface area (Å²) in [5, 5.41) is 27.6. The average molecular weight is 237 g/mol. The van der Waals surface area contributed by atoms with Crippen molar-refractivity contribution in [2.45, 2.75) is 0 Å². The van der Waals surface area contributed by atoms with Crippen LogP contribution in [-0.2, 0) is 4.79 Å². The van der Waals surface area contributed by atoms with E-state index in [9.17, 15) is 0 Å². The van der Waals surface area contributed by atoms with Gasteiger partial charge in [0.15, 0.2) is 5.75 Å². The Labute approximate surface area is 88.3 Å². The van der Waals surface area contributed by atoms with Crippen molar-refractivity contribution >= 4 is 32.1 Å². The molecule has 0 bridgehead atoms. The number of rotatable bonds is 1. The number of phenols is 2. The summed E-state index contributed by atoms with van der Waals surface area (Å²) in [6, 6.07) is 4.44. The summed E-state index contributed by atoms with van der Waals surface area (Å²) in [6.07, 6.45) is 0. The van der Waals surface area contributed by atoms with E-state index in [0.29, 0.717) is 0 Å². The molecule has 1 atom stereocenters. The standard InChI is InChI=1S/C6H7O2P.C2H3ClO2/c7-4-1-2-5(8)6(9)3-4;3-1-2(4)5/h1-3,7-8H,9H2;1H2,(H,4,5). The van der Waals surface area contributed by atoms with Crippen LogP contribution in [0, 0.1) is 0 Å². The Balaban J connectivity index is 0.000000292. The Morgan fingerprint density at radius 2 is 2.00 bits per heavy atom. The number of alkyl halides is 1. The summed E-state index contributed by atoms with van der Waals surface area (Å²) in [6.45, 7) is 0. The van der Waals surface area contributed by atoms with Crippen molar-refractivity contribution in [2.24, 2.45) is 0 Å². The lowest BCUT2D eigenvalue weighted by Crippen LogP contribution is -2.23. The third-order valence-corrected chi connectivity index (χ3v) is 1.96. The zero-order valence-electron chi connectivity index (χ0n) is 7.24. The van der Waals surface area contributed by atoms with E-state index in [1.807, 2.05) is 0 Å². The molecule has 0 saturated heterocycles. The van der Waals surface area contributed by atoms with Crippen molar-refractivity contribution in [3.63, 3.8) is 0 Å². The van der Waals surface area contributed by atoms with Crippen molar-refractivity contribution in [1.82, 2.24) is 0 Å². The molecule has 0 heterocycles. The average Bonchev–Trinajstić information content (AvgIpc) is 2.13. The van der Waals surface area contributed by atoms with Crippen LogP contribution in [0.3, 0.4) is 0 Å². The normalized spacial score (nSPS) is 8.93. The predicted molar refractivity (Wildman–Crippen MR) is 56.2 cm³/mol. The summed E-state index contributed by atoms with van der Waals surface area (Å²) < 4.78 is 0. The number of benzene rings is 1. The van der Waals surface area contributed by atoms with Crippen LogP contribution in [0.2, 0.25) is 0 Å². The van der Waals surface area contributed by atoms with Crippen molar-refractivity contribution in [3.05, 3.63) is 18.2 Å².